The number of carbonyl (C=O) groups excluding carboxylic acids is 1. The second-order valence-corrected chi connectivity index (χ2v) is 6.41. The maximum Gasteiger partial charge on any atom is 0.256 e. The Balaban J connectivity index is 1.68. The van der Waals surface area contributed by atoms with E-state index in [1.54, 1.807) is 19.6 Å². The summed E-state index contributed by atoms with van der Waals surface area (Å²) in [6, 6.07) is 9.71. The van der Waals surface area contributed by atoms with E-state index in [0.717, 1.165) is 23.0 Å². The molecular formula is C19H20N4O2. The van der Waals surface area contributed by atoms with Gasteiger partial charge >= 0.3 is 0 Å². The molecule has 0 radical (unpaired) electrons. The zero-order chi connectivity index (χ0) is 17.4. The van der Waals surface area contributed by atoms with Crippen molar-refractivity contribution in [2.24, 2.45) is 7.05 Å². The smallest absolute Gasteiger partial charge is 0.256 e. The van der Waals surface area contributed by atoms with Crippen LogP contribution in [0, 0.1) is 0 Å². The summed E-state index contributed by atoms with van der Waals surface area (Å²) < 4.78 is 7.39. The molecule has 1 atom stereocenters. The fourth-order valence-corrected chi connectivity index (χ4v) is 3.45. The maximum atomic E-state index is 13.1. The molecule has 0 bridgehead atoms. The quantitative estimate of drug-likeness (QED) is 0.735. The first kappa shape index (κ1) is 15.8. The van der Waals surface area contributed by atoms with Gasteiger partial charge in [0.1, 0.15) is 0 Å². The zero-order valence-electron chi connectivity index (χ0n) is 14.3. The number of ether oxygens (including phenoxy) is 1. The second kappa shape index (κ2) is 6.29. The van der Waals surface area contributed by atoms with Crippen LogP contribution in [0.3, 0.4) is 0 Å². The Bertz CT molecular complexity index is 934. The first-order valence-corrected chi connectivity index (χ1v) is 8.31. The van der Waals surface area contributed by atoms with Gasteiger partial charge in [-0.1, -0.05) is 18.2 Å². The Morgan fingerprint density at radius 3 is 3.00 bits per heavy atom. The van der Waals surface area contributed by atoms with Crippen LogP contribution in [0.5, 0.6) is 0 Å². The average Bonchev–Trinajstić information content (AvgIpc) is 3.00. The summed E-state index contributed by atoms with van der Waals surface area (Å²) in [4.78, 5) is 23.9. The van der Waals surface area contributed by atoms with Crippen LogP contribution in [0.25, 0.3) is 10.9 Å². The molecule has 6 nitrogen and oxygen atoms in total. The number of pyridine rings is 1. The Labute approximate surface area is 146 Å². The molecule has 1 aliphatic rings. The third kappa shape index (κ3) is 2.78. The number of hydrogen-bond donors (Lipinski definition) is 0. The van der Waals surface area contributed by atoms with Crippen molar-refractivity contribution in [3.05, 3.63) is 59.8 Å². The molecule has 1 amide bonds. The number of carbonyl (C=O) groups is 1. The number of fused-ring (bicyclic) bond motifs is 2. The van der Waals surface area contributed by atoms with E-state index >= 15 is 0 Å². The summed E-state index contributed by atoms with van der Waals surface area (Å²) in [6.07, 6.45) is 4.20. The number of nitrogens with zero attached hydrogens (tertiary/aromatic N) is 4. The summed E-state index contributed by atoms with van der Waals surface area (Å²) >= 11 is 0. The van der Waals surface area contributed by atoms with Gasteiger partial charge in [-0.25, -0.2) is 4.98 Å². The first-order chi connectivity index (χ1) is 12.2. The highest BCUT2D eigenvalue weighted by Crippen LogP contribution is 2.25. The minimum Gasteiger partial charge on any atom is -0.383 e. The molecule has 0 unspecified atom stereocenters. The molecule has 128 valence electrons. The molecule has 0 spiro atoms. The number of aryl methyl sites for hydroxylation is 1. The SMILES string of the molecule is COC[C@H]1Cc2c(ncn2C)CN1C(=O)c1cnc2ccccc2c1. The summed E-state index contributed by atoms with van der Waals surface area (Å²) in [7, 11) is 3.65. The van der Waals surface area contributed by atoms with Gasteiger partial charge in [-0.15, -0.1) is 0 Å². The molecule has 6 heteroatoms. The predicted octanol–water partition coefficient (Wildman–Crippen LogP) is 2.18. The highest BCUT2D eigenvalue weighted by Gasteiger charge is 2.32. The molecular weight excluding hydrogens is 316 g/mol. The van der Waals surface area contributed by atoms with Crippen LogP contribution in [-0.2, 0) is 24.8 Å². The molecule has 1 aromatic carbocycles. The number of hydrogen-bond acceptors (Lipinski definition) is 4. The minimum absolute atomic E-state index is 0.00753. The molecule has 0 saturated heterocycles. The summed E-state index contributed by atoms with van der Waals surface area (Å²) in [6.45, 7) is 0.993. The van der Waals surface area contributed by atoms with E-state index in [2.05, 4.69) is 9.97 Å². The van der Waals surface area contributed by atoms with Crippen molar-refractivity contribution in [2.45, 2.75) is 19.0 Å². The Kier molecular flexibility index (Phi) is 3.97. The van der Waals surface area contributed by atoms with Crippen LogP contribution in [-0.4, -0.2) is 45.1 Å². The molecule has 25 heavy (non-hydrogen) atoms. The van der Waals surface area contributed by atoms with Crippen LogP contribution >= 0.6 is 0 Å². The standard InChI is InChI=1S/C19H20N4O2/c1-22-12-21-17-10-23(15(11-25-2)8-18(17)22)19(24)14-7-13-5-3-4-6-16(13)20-9-14/h3-7,9,12,15H,8,10-11H2,1-2H3/t15-/m1/s1. The lowest BCUT2D eigenvalue weighted by Gasteiger charge is -2.35. The van der Waals surface area contributed by atoms with Gasteiger partial charge in [-0.3, -0.25) is 9.78 Å². The van der Waals surface area contributed by atoms with Crippen molar-refractivity contribution in [3.63, 3.8) is 0 Å². The normalized spacial score (nSPS) is 16.9. The summed E-state index contributed by atoms with van der Waals surface area (Å²) in [5.74, 6) is -0.0309. The van der Waals surface area contributed by atoms with Crippen LogP contribution in [0.1, 0.15) is 21.7 Å². The van der Waals surface area contributed by atoms with Crippen LogP contribution < -0.4 is 0 Å². The molecule has 1 aliphatic heterocycles. The largest absolute Gasteiger partial charge is 0.383 e. The number of imidazole rings is 1. The second-order valence-electron chi connectivity index (χ2n) is 6.41. The number of aromatic nitrogens is 3. The lowest BCUT2D eigenvalue weighted by atomic mass is 10.0. The van der Waals surface area contributed by atoms with Crippen molar-refractivity contribution < 1.29 is 9.53 Å². The molecule has 0 aliphatic carbocycles. The van der Waals surface area contributed by atoms with Gasteiger partial charge in [0, 0.05) is 37.9 Å². The Morgan fingerprint density at radius 1 is 1.32 bits per heavy atom. The topological polar surface area (TPSA) is 60.2 Å². The third-order valence-electron chi connectivity index (χ3n) is 4.79. The van der Waals surface area contributed by atoms with Gasteiger partial charge in [-0.2, -0.15) is 0 Å². The van der Waals surface area contributed by atoms with Gasteiger partial charge in [0.15, 0.2) is 0 Å². The van der Waals surface area contributed by atoms with Crippen LogP contribution in [0.2, 0.25) is 0 Å². The fourth-order valence-electron chi connectivity index (χ4n) is 3.45. The molecule has 3 heterocycles. The van der Waals surface area contributed by atoms with Crippen molar-refractivity contribution in [2.75, 3.05) is 13.7 Å². The highest BCUT2D eigenvalue weighted by molar-refractivity contribution is 5.97. The minimum atomic E-state index is -0.0309. The summed E-state index contributed by atoms with van der Waals surface area (Å²) in [5, 5.41) is 0.965. The summed E-state index contributed by atoms with van der Waals surface area (Å²) in [5.41, 5.74) is 3.61. The van der Waals surface area contributed by atoms with Crippen molar-refractivity contribution in [1.29, 1.82) is 0 Å². The van der Waals surface area contributed by atoms with E-state index in [4.69, 9.17) is 4.74 Å². The fraction of sp³-hybridized carbons (Fsp3) is 0.316. The number of para-hydroxylation sites is 1. The van der Waals surface area contributed by atoms with Gasteiger partial charge in [0.25, 0.3) is 5.91 Å². The van der Waals surface area contributed by atoms with Crippen molar-refractivity contribution in [1.82, 2.24) is 19.4 Å². The van der Waals surface area contributed by atoms with Gasteiger partial charge in [-0.05, 0) is 12.1 Å². The number of rotatable bonds is 3. The molecule has 3 aromatic rings. The first-order valence-electron chi connectivity index (χ1n) is 8.31. The Morgan fingerprint density at radius 2 is 2.16 bits per heavy atom. The number of methoxy groups -OCH3 is 1. The third-order valence-corrected chi connectivity index (χ3v) is 4.79. The Hall–Kier alpha value is -2.73. The number of amides is 1. The lowest BCUT2D eigenvalue weighted by Crippen LogP contribution is -2.47. The van der Waals surface area contributed by atoms with Crippen LogP contribution in [0.15, 0.2) is 42.9 Å². The van der Waals surface area contributed by atoms with Crippen molar-refractivity contribution in [3.8, 4) is 0 Å². The van der Waals surface area contributed by atoms with E-state index in [-0.39, 0.29) is 11.9 Å². The molecule has 0 saturated carbocycles. The van der Waals surface area contributed by atoms with E-state index < -0.39 is 0 Å². The predicted molar refractivity (Wildman–Crippen MR) is 94.2 cm³/mol. The zero-order valence-corrected chi connectivity index (χ0v) is 14.3. The average molecular weight is 336 g/mol. The van der Waals surface area contributed by atoms with Gasteiger partial charge in [0.05, 0.1) is 42.3 Å². The van der Waals surface area contributed by atoms with Gasteiger partial charge < -0.3 is 14.2 Å². The van der Waals surface area contributed by atoms with E-state index in [9.17, 15) is 4.79 Å². The molecule has 2 aromatic heterocycles. The highest BCUT2D eigenvalue weighted by atomic mass is 16.5. The van der Waals surface area contributed by atoms with Crippen molar-refractivity contribution >= 4 is 16.8 Å². The van der Waals surface area contributed by atoms with E-state index in [1.165, 1.54) is 5.69 Å². The van der Waals surface area contributed by atoms with Gasteiger partial charge in [0.2, 0.25) is 0 Å². The van der Waals surface area contributed by atoms with E-state index in [1.807, 2.05) is 46.8 Å². The maximum absolute atomic E-state index is 13.1. The lowest BCUT2D eigenvalue weighted by molar-refractivity contribution is 0.0467. The monoisotopic (exact) mass is 336 g/mol. The molecule has 0 N–H and O–H groups in total. The van der Waals surface area contributed by atoms with Crippen LogP contribution in [0.4, 0.5) is 0 Å². The molecule has 0 fully saturated rings. The number of benzene rings is 1. The molecule has 4 rings (SSSR count). The van der Waals surface area contributed by atoms with E-state index in [0.29, 0.717) is 18.7 Å².